The SMILES string of the molecule is CCC(C)NC(=O)[C@@H]1C[C@@H](F)CN1.Cl. The maximum atomic E-state index is 12.7. The van der Waals surface area contributed by atoms with Gasteiger partial charge >= 0.3 is 0 Å². The van der Waals surface area contributed by atoms with Crippen LogP contribution in [0.5, 0.6) is 0 Å². The quantitative estimate of drug-likeness (QED) is 0.752. The first-order chi connectivity index (χ1) is 6.13. The molecule has 0 saturated carbocycles. The van der Waals surface area contributed by atoms with Gasteiger partial charge in [-0.25, -0.2) is 4.39 Å². The van der Waals surface area contributed by atoms with Crippen LogP contribution in [0.4, 0.5) is 4.39 Å². The van der Waals surface area contributed by atoms with Crippen LogP contribution in [0, 0.1) is 0 Å². The van der Waals surface area contributed by atoms with Gasteiger partial charge in [0, 0.05) is 19.0 Å². The lowest BCUT2D eigenvalue weighted by Gasteiger charge is -2.15. The highest BCUT2D eigenvalue weighted by atomic mass is 35.5. The molecule has 3 nitrogen and oxygen atoms in total. The second kappa shape index (κ2) is 6.19. The molecule has 84 valence electrons. The Bertz CT molecular complexity index is 192. The van der Waals surface area contributed by atoms with E-state index in [2.05, 4.69) is 10.6 Å². The van der Waals surface area contributed by atoms with E-state index >= 15 is 0 Å². The van der Waals surface area contributed by atoms with Crippen LogP contribution >= 0.6 is 12.4 Å². The van der Waals surface area contributed by atoms with Crippen molar-refractivity contribution in [1.29, 1.82) is 0 Å². The Morgan fingerprint density at radius 3 is 2.79 bits per heavy atom. The maximum absolute atomic E-state index is 12.7. The molecule has 0 aromatic heterocycles. The summed E-state index contributed by atoms with van der Waals surface area (Å²) >= 11 is 0. The average Bonchev–Trinajstić information content (AvgIpc) is 2.51. The zero-order chi connectivity index (χ0) is 9.84. The molecule has 1 amide bonds. The molecule has 1 saturated heterocycles. The Kier molecular flexibility index (Phi) is 6.04. The molecule has 5 heteroatoms. The van der Waals surface area contributed by atoms with Crippen molar-refractivity contribution in [3.8, 4) is 0 Å². The predicted octanol–water partition coefficient (Wildman–Crippen LogP) is 1.02. The van der Waals surface area contributed by atoms with Gasteiger partial charge in [-0.3, -0.25) is 4.79 Å². The summed E-state index contributed by atoms with van der Waals surface area (Å²) in [6.45, 7) is 4.25. The monoisotopic (exact) mass is 224 g/mol. The summed E-state index contributed by atoms with van der Waals surface area (Å²) in [6.07, 6.45) is 0.340. The van der Waals surface area contributed by atoms with Crippen LogP contribution in [-0.2, 0) is 4.79 Å². The van der Waals surface area contributed by atoms with Crippen LogP contribution in [0.25, 0.3) is 0 Å². The number of alkyl halides is 1. The standard InChI is InChI=1S/C9H17FN2O.ClH/c1-3-6(2)12-9(13)8-4-7(10)5-11-8;/h6-8,11H,3-5H2,1-2H3,(H,12,13);1H/t6?,7-,8+;/m1./s1. The third-order valence-corrected chi connectivity index (χ3v) is 2.39. The fourth-order valence-corrected chi connectivity index (χ4v) is 1.34. The number of carbonyl (C=O) groups excluding carboxylic acids is 1. The third kappa shape index (κ3) is 3.80. The third-order valence-electron chi connectivity index (χ3n) is 2.39. The fourth-order valence-electron chi connectivity index (χ4n) is 1.34. The van der Waals surface area contributed by atoms with Gasteiger partial charge in [-0.2, -0.15) is 0 Å². The van der Waals surface area contributed by atoms with Crippen LogP contribution in [0.2, 0.25) is 0 Å². The lowest BCUT2D eigenvalue weighted by Crippen LogP contribution is -2.43. The van der Waals surface area contributed by atoms with E-state index in [1.54, 1.807) is 0 Å². The summed E-state index contributed by atoms with van der Waals surface area (Å²) < 4.78 is 12.7. The molecule has 1 unspecified atom stereocenters. The Labute approximate surface area is 90.2 Å². The molecule has 0 bridgehead atoms. The van der Waals surface area contributed by atoms with Crippen molar-refractivity contribution in [2.75, 3.05) is 6.54 Å². The molecule has 0 radical (unpaired) electrons. The van der Waals surface area contributed by atoms with Crippen LogP contribution in [-0.4, -0.2) is 30.7 Å². The maximum Gasteiger partial charge on any atom is 0.237 e. The number of hydrogen-bond donors (Lipinski definition) is 2. The van der Waals surface area contributed by atoms with Crippen molar-refractivity contribution in [2.45, 2.75) is 44.9 Å². The van der Waals surface area contributed by atoms with Crippen LogP contribution < -0.4 is 10.6 Å². The number of halogens is 2. The number of carbonyl (C=O) groups is 1. The van der Waals surface area contributed by atoms with E-state index in [0.29, 0.717) is 13.0 Å². The Morgan fingerprint density at radius 2 is 2.36 bits per heavy atom. The molecule has 14 heavy (non-hydrogen) atoms. The molecule has 3 atom stereocenters. The summed E-state index contributed by atoms with van der Waals surface area (Å²) in [4.78, 5) is 11.4. The van der Waals surface area contributed by atoms with Gasteiger partial charge in [0.05, 0.1) is 6.04 Å². The van der Waals surface area contributed by atoms with Crippen molar-refractivity contribution in [1.82, 2.24) is 10.6 Å². The number of nitrogens with one attached hydrogen (secondary N) is 2. The molecule has 0 aliphatic carbocycles. The van der Waals surface area contributed by atoms with E-state index in [-0.39, 0.29) is 30.4 Å². The zero-order valence-electron chi connectivity index (χ0n) is 8.55. The van der Waals surface area contributed by atoms with Crippen molar-refractivity contribution in [2.24, 2.45) is 0 Å². The minimum Gasteiger partial charge on any atom is -0.352 e. The largest absolute Gasteiger partial charge is 0.352 e. The van der Waals surface area contributed by atoms with E-state index in [1.165, 1.54) is 0 Å². The molecule has 2 N–H and O–H groups in total. The fraction of sp³-hybridized carbons (Fsp3) is 0.889. The van der Waals surface area contributed by atoms with Crippen LogP contribution in [0.3, 0.4) is 0 Å². The van der Waals surface area contributed by atoms with Gasteiger partial charge in [-0.05, 0) is 13.3 Å². The molecule has 1 heterocycles. The Balaban J connectivity index is 0.00000169. The second-order valence-corrected chi connectivity index (χ2v) is 3.61. The van der Waals surface area contributed by atoms with Gasteiger partial charge in [-0.1, -0.05) is 6.92 Å². The summed E-state index contributed by atoms with van der Waals surface area (Å²) in [5.74, 6) is -0.0745. The molecular formula is C9H18ClFN2O. The minimum atomic E-state index is -0.868. The number of amides is 1. The number of hydrogen-bond acceptors (Lipinski definition) is 2. The van der Waals surface area contributed by atoms with Gasteiger partial charge in [0.25, 0.3) is 0 Å². The van der Waals surface area contributed by atoms with Gasteiger partial charge in [0.1, 0.15) is 6.17 Å². The molecule has 0 spiro atoms. The summed E-state index contributed by atoms with van der Waals surface area (Å²) in [5.41, 5.74) is 0. The van der Waals surface area contributed by atoms with Crippen LogP contribution in [0.15, 0.2) is 0 Å². The molecular weight excluding hydrogens is 207 g/mol. The van der Waals surface area contributed by atoms with Gasteiger partial charge in [0.2, 0.25) is 5.91 Å². The highest BCUT2D eigenvalue weighted by Crippen LogP contribution is 2.10. The summed E-state index contributed by atoms with van der Waals surface area (Å²) in [7, 11) is 0. The normalized spacial score (nSPS) is 27.9. The topological polar surface area (TPSA) is 41.1 Å². The average molecular weight is 225 g/mol. The van der Waals surface area contributed by atoms with E-state index in [9.17, 15) is 9.18 Å². The van der Waals surface area contributed by atoms with E-state index in [4.69, 9.17) is 0 Å². The molecule has 1 aliphatic rings. The highest BCUT2D eigenvalue weighted by Gasteiger charge is 2.29. The zero-order valence-corrected chi connectivity index (χ0v) is 9.36. The first-order valence-electron chi connectivity index (χ1n) is 4.81. The lowest BCUT2D eigenvalue weighted by molar-refractivity contribution is -0.123. The number of rotatable bonds is 3. The smallest absolute Gasteiger partial charge is 0.237 e. The van der Waals surface area contributed by atoms with Gasteiger partial charge in [0.15, 0.2) is 0 Å². The van der Waals surface area contributed by atoms with E-state index < -0.39 is 6.17 Å². The summed E-state index contributed by atoms with van der Waals surface area (Å²) in [5, 5.41) is 5.67. The Hall–Kier alpha value is -0.350. The lowest BCUT2D eigenvalue weighted by atomic mass is 10.2. The van der Waals surface area contributed by atoms with Crippen LogP contribution in [0.1, 0.15) is 26.7 Å². The van der Waals surface area contributed by atoms with Crippen molar-refractivity contribution in [3.05, 3.63) is 0 Å². The van der Waals surface area contributed by atoms with Gasteiger partial charge in [-0.15, -0.1) is 12.4 Å². The molecule has 0 aromatic carbocycles. The molecule has 1 fully saturated rings. The van der Waals surface area contributed by atoms with Crippen molar-refractivity contribution < 1.29 is 9.18 Å². The van der Waals surface area contributed by atoms with Crippen molar-refractivity contribution in [3.63, 3.8) is 0 Å². The highest BCUT2D eigenvalue weighted by molar-refractivity contribution is 5.85. The first-order valence-corrected chi connectivity index (χ1v) is 4.81. The second-order valence-electron chi connectivity index (χ2n) is 3.61. The first kappa shape index (κ1) is 13.7. The van der Waals surface area contributed by atoms with Crippen molar-refractivity contribution >= 4 is 18.3 Å². The van der Waals surface area contributed by atoms with E-state index in [1.807, 2.05) is 13.8 Å². The predicted molar refractivity (Wildman–Crippen MR) is 56.4 cm³/mol. The van der Waals surface area contributed by atoms with E-state index in [0.717, 1.165) is 6.42 Å². The molecule has 1 aliphatic heterocycles. The molecule has 1 rings (SSSR count). The molecule has 0 aromatic rings. The minimum absolute atomic E-state index is 0. The Morgan fingerprint density at radius 1 is 1.71 bits per heavy atom. The summed E-state index contributed by atoms with van der Waals surface area (Å²) in [6, 6.07) is -0.156. The van der Waals surface area contributed by atoms with Gasteiger partial charge < -0.3 is 10.6 Å².